The smallest absolute Gasteiger partial charge is 0.342 e. The number of imide groups is 2. The number of ether oxygens (including phenoxy) is 3. The van der Waals surface area contributed by atoms with E-state index in [1.165, 1.54) is 30.3 Å². The van der Waals surface area contributed by atoms with Gasteiger partial charge in [-0.15, -0.1) is 0 Å². The van der Waals surface area contributed by atoms with Crippen LogP contribution in [0.2, 0.25) is 0 Å². The number of piperidine rings is 2. The minimum absolute atomic E-state index is 0.00504. The monoisotopic (exact) mass is 974 g/mol. The number of nitrogens with zero attached hydrogens (tertiary/aromatic N) is 6. The Bertz CT molecular complexity index is 2520. The van der Waals surface area contributed by atoms with Crippen LogP contribution >= 0.6 is 0 Å². The Morgan fingerprint density at radius 1 is 0.900 bits per heavy atom. The zero-order valence-electron chi connectivity index (χ0n) is 38.9. The van der Waals surface area contributed by atoms with Crippen LogP contribution in [0.15, 0.2) is 36.5 Å². The lowest BCUT2D eigenvalue weighted by molar-refractivity contribution is -0.140. The molecule has 22 heteroatoms. The molecule has 0 radical (unpaired) electrons. The highest BCUT2D eigenvalue weighted by atomic mass is 19.3. The summed E-state index contributed by atoms with van der Waals surface area (Å²) in [6.07, 6.45) is 8.24. The van der Waals surface area contributed by atoms with Gasteiger partial charge in [0.2, 0.25) is 17.8 Å². The molecule has 1 atom stereocenters. The van der Waals surface area contributed by atoms with Gasteiger partial charge in [0.15, 0.2) is 5.82 Å². The standard InChI is InChI=1S/C48H57F3N10O9/c1-58-37-26-53-47(57-41(37)60(29-6-2-3-7-29)27-48(50,51)46(58)67)55-35-25-33(49)32(24-38(35)70-30-8-4-9-30)42(63)54-28-14-17-59(18-15-28)19-21-69-23-22-68-20-16-52-34-11-5-10-31-40(34)45(66)61(44(31)65)36-12-13-39(62)56-43(36)64/h5,10-11,24-26,28-30,36,52H,2-4,6-9,12-23,27H2,1H3,(H,54,63)(H,53,55,57)(H,56,62,64). The van der Waals surface area contributed by atoms with Crippen molar-refractivity contribution in [3.63, 3.8) is 0 Å². The Kier molecular flexibility index (Phi) is 14.5. The first-order chi connectivity index (χ1) is 33.8. The molecule has 19 nitrogen and oxygen atoms in total. The number of amides is 6. The largest absolute Gasteiger partial charge is 0.488 e. The molecule has 1 aromatic heterocycles. The van der Waals surface area contributed by atoms with Gasteiger partial charge in [0.25, 0.3) is 23.6 Å². The molecule has 0 bridgehead atoms. The van der Waals surface area contributed by atoms with Crippen LogP contribution in [0.25, 0.3) is 0 Å². The van der Waals surface area contributed by atoms with Crippen molar-refractivity contribution >= 4 is 64.3 Å². The molecule has 2 aliphatic carbocycles. The zero-order valence-corrected chi connectivity index (χ0v) is 38.9. The van der Waals surface area contributed by atoms with Crippen LogP contribution in [0.3, 0.4) is 0 Å². The first-order valence-electron chi connectivity index (χ1n) is 24.1. The van der Waals surface area contributed by atoms with Crippen molar-refractivity contribution in [2.24, 2.45) is 0 Å². The zero-order chi connectivity index (χ0) is 49.1. The maximum absolute atomic E-state index is 15.9. The van der Waals surface area contributed by atoms with E-state index in [0.717, 1.165) is 48.0 Å². The summed E-state index contributed by atoms with van der Waals surface area (Å²) in [7, 11) is 1.27. The number of fused-ring (bicyclic) bond motifs is 2. The first-order valence-corrected chi connectivity index (χ1v) is 24.1. The average Bonchev–Trinajstić information content (AvgIpc) is 3.94. The van der Waals surface area contributed by atoms with Gasteiger partial charge in [-0.05, 0) is 69.6 Å². The van der Waals surface area contributed by atoms with E-state index in [0.29, 0.717) is 84.0 Å². The van der Waals surface area contributed by atoms with Crippen LogP contribution in [0.5, 0.6) is 5.75 Å². The summed E-state index contributed by atoms with van der Waals surface area (Å²) < 4.78 is 64.0. The molecular weight excluding hydrogens is 918 g/mol. The number of halogens is 3. The molecule has 9 rings (SSSR count). The third-order valence-corrected chi connectivity index (χ3v) is 13.9. The Hall–Kier alpha value is -6.39. The lowest BCUT2D eigenvalue weighted by Crippen LogP contribution is -2.54. The van der Waals surface area contributed by atoms with E-state index in [-0.39, 0.29) is 76.6 Å². The Morgan fingerprint density at radius 2 is 1.66 bits per heavy atom. The van der Waals surface area contributed by atoms with E-state index in [4.69, 9.17) is 14.2 Å². The summed E-state index contributed by atoms with van der Waals surface area (Å²) in [6, 6.07) is 5.93. The van der Waals surface area contributed by atoms with E-state index in [1.54, 1.807) is 12.1 Å². The van der Waals surface area contributed by atoms with Crippen molar-refractivity contribution in [2.45, 2.75) is 101 Å². The number of nitrogens with one attached hydrogen (secondary N) is 4. The fourth-order valence-electron chi connectivity index (χ4n) is 9.81. The van der Waals surface area contributed by atoms with Crippen LogP contribution < -0.4 is 35.8 Å². The number of benzene rings is 2. The van der Waals surface area contributed by atoms with Gasteiger partial charge >= 0.3 is 5.92 Å². The Morgan fingerprint density at radius 3 is 2.39 bits per heavy atom. The fourth-order valence-corrected chi connectivity index (χ4v) is 9.81. The third-order valence-electron chi connectivity index (χ3n) is 13.9. The van der Waals surface area contributed by atoms with Gasteiger partial charge in [0, 0.05) is 63.5 Å². The van der Waals surface area contributed by atoms with Crippen LogP contribution in [-0.2, 0) is 23.9 Å². The van der Waals surface area contributed by atoms with Gasteiger partial charge in [-0.25, -0.2) is 9.37 Å². The molecule has 70 heavy (non-hydrogen) atoms. The van der Waals surface area contributed by atoms with Gasteiger partial charge in [-0.2, -0.15) is 13.8 Å². The topological polar surface area (TPSA) is 217 Å². The van der Waals surface area contributed by atoms with Crippen LogP contribution in [0.4, 0.5) is 42.0 Å². The number of anilines is 5. The summed E-state index contributed by atoms with van der Waals surface area (Å²) in [6.45, 7) is 3.03. The van der Waals surface area contributed by atoms with Gasteiger partial charge in [-0.3, -0.25) is 39.0 Å². The number of aromatic nitrogens is 2. The van der Waals surface area contributed by atoms with E-state index in [9.17, 15) is 28.8 Å². The van der Waals surface area contributed by atoms with Crippen LogP contribution in [0.1, 0.15) is 102 Å². The van der Waals surface area contributed by atoms with E-state index >= 15 is 13.2 Å². The van der Waals surface area contributed by atoms with Gasteiger partial charge in [-0.1, -0.05) is 18.9 Å². The van der Waals surface area contributed by atoms with E-state index < -0.39 is 59.8 Å². The average molecular weight is 975 g/mol. The minimum Gasteiger partial charge on any atom is -0.488 e. The maximum atomic E-state index is 15.9. The molecule has 6 amide bonds. The highest BCUT2D eigenvalue weighted by molar-refractivity contribution is 6.25. The number of carbonyl (C=O) groups excluding carboxylic acids is 6. The predicted molar refractivity (Wildman–Crippen MR) is 248 cm³/mol. The first kappa shape index (κ1) is 48.6. The second-order valence-electron chi connectivity index (χ2n) is 18.6. The van der Waals surface area contributed by atoms with Crippen molar-refractivity contribution < 1.29 is 56.1 Å². The Labute approximate surface area is 402 Å². The highest BCUT2D eigenvalue weighted by Gasteiger charge is 2.49. The second-order valence-corrected chi connectivity index (χ2v) is 18.6. The summed E-state index contributed by atoms with van der Waals surface area (Å²) in [5, 5.41) is 11.3. The predicted octanol–water partition coefficient (Wildman–Crippen LogP) is 4.39. The molecule has 2 saturated carbocycles. The van der Waals surface area contributed by atoms with E-state index in [1.807, 2.05) is 0 Å². The third kappa shape index (κ3) is 10.4. The molecule has 5 heterocycles. The summed E-state index contributed by atoms with van der Waals surface area (Å²) in [4.78, 5) is 91.2. The fraction of sp³-hybridized carbons (Fsp3) is 0.542. The quantitative estimate of drug-likeness (QED) is 0.103. The summed E-state index contributed by atoms with van der Waals surface area (Å²) in [5.41, 5.74) is 0.954. The molecular formula is C48H57F3N10O9. The van der Waals surface area contributed by atoms with Crippen molar-refractivity contribution in [3.8, 4) is 5.75 Å². The lowest BCUT2D eigenvalue weighted by atomic mass is 9.96. The minimum atomic E-state index is -3.64. The number of likely N-dealkylation sites (tertiary alicyclic amines) is 1. The summed E-state index contributed by atoms with van der Waals surface area (Å²) in [5.74, 6) is -8.21. The number of carbonyl (C=O) groups is 6. The molecule has 2 aromatic carbocycles. The highest BCUT2D eigenvalue weighted by Crippen LogP contribution is 2.41. The van der Waals surface area contributed by atoms with Crippen molar-refractivity contribution in [1.82, 2.24) is 30.4 Å². The van der Waals surface area contributed by atoms with Crippen LogP contribution in [-0.4, -0.2) is 152 Å². The molecule has 6 aliphatic rings. The molecule has 0 spiro atoms. The number of rotatable bonds is 18. The van der Waals surface area contributed by atoms with E-state index in [2.05, 4.69) is 36.1 Å². The Balaban J connectivity index is 0.717. The molecule has 3 aromatic rings. The molecule has 4 fully saturated rings. The number of hydrogen-bond donors (Lipinski definition) is 4. The van der Waals surface area contributed by atoms with Crippen molar-refractivity contribution in [1.29, 1.82) is 0 Å². The molecule has 1 unspecified atom stereocenters. The second kappa shape index (κ2) is 20.9. The van der Waals surface area contributed by atoms with Crippen LogP contribution in [0, 0.1) is 5.82 Å². The van der Waals surface area contributed by atoms with Gasteiger partial charge in [0.05, 0.1) is 67.7 Å². The molecule has 2 saturated heterocycles. The maximum Gasteiger partial charge on any atom is 0.342 e. The lowest BCUT2D eigenvalue weighted by Gasteiger charge is -2.32. The van der Waals surface area contributed by atoms with Gasteiger partial charge in [0.1, 0.15) is 23.3 Å². The normalized spacial score (nSPS) is 21.1. The van der Waals surface area contributed by atoms with Crippen molar-refractivity contribution in [3.05, 3.63) is 59.0 Å². The number of hydrogen-bond acceptors (Lipinski definition) is 15. The summed E-state index contributed by atoms with van der Waals surface area (Å²) >= 11 is 0. The molecule has 4 N–H and O–H groups in total. The van der Waals surface area contributed by atoms with Gasteiger partial charge < -0.3 is 44.9 Å². The molecule has 4 aliphatic heterocycles. The van der Waals surface area contributed by atoms with Crippen molar-refractivity contribution in [2.75, 3.05) is 86.6 Å². The SMILES string of the molecule is CN1C(=O)C(F)(F)CN(C2CCCC2)c2nc(Nc3cc(F)c(C(=O)NC4CCN(CCOCCOCCNc5cccc6c5C(=O)N(C5CCC(=O)NC5=O)C6=O)CC4)cc3OC3CCC3)ncc21. The molecule has 374 valence electrons. The number of alkyl halides is 2.